The fourth-order valence-corrected chi connectivity index (χ4v) is 2.28. The van der Waals surface area contributed by atoms with Gasteiger partial charge in [0, 0.05) is 5.56 Å². The smallest absolute Gasteiger partial charge is 0.416 e. The zero-order valence-electron chi connectivity index (χ0n) is 15.1. The first-order valence-corrected chi connectivity index (χ1v) is 8.16. The van der Waals surface area contributed by atoms with Crippen molar-refractivity contribution in [1.82, 2.24) is 5.32 Å². The van der Waals surface area contributed by atoms with E-state index in [9.17, 15) is 45.8 Å². The maximum atomic E-state index is 12.9. The Balaban J connectivity index is 3.17. The van der Waals surface area contributed by atoms with Gasteiger partial charge in [0.25, 0.3) is 5.91 Å². The Hall–Kier alpha value is -2.79. The quantitative estimate of drug-likeness (QED) is 0.511. The Kier molecular flexibility index (Phi) is 7.64. The number of hydrogen-bond acceptors (Lipinski definition) is 4. The number of amides is 1. The van der Waals surface area contributed by atoms with Crippen molar-refractivity contribution >= 4 is 17.8 Å². The van der Waals surface area contributed by atoms with Crippen LogP contribution in [0.3, 0.4) is 0 Å². The van der Waals surface area contributed by atoms with Crippen LogP contribution in [0.4, 0.5) is 26.3 Å². The monoisotopic (exact) mass is 429 g/mol. The molecule has 2 N–H and O–H groups in total. The molecule has 0 saturated heterocycles. The number of rotatable bonds is 7. The first-order chi connectivity index (χ1) is 13.2. The summed E-state index contributed by atoms with van der Waals surface area (Å²) in [5, 5.41) is 11.0. The number of esters is 1. The first kappa shape index (κ1) is 24.2. The highest BCUT2D eigenvalue weighted by molar-refractivity contribution is 5.97. The van der Waals surface area contributed by atoms with Crippen LogP contribution < -0.4 is 5.32 Å². The average molecular weight is 429 g/mol. The van der Waals surface area contributed by atoms with Gasteiger partial charge in [-0.2, -0.15) is 26.3 Å². The van der Waals surface area contributed by atoms with E-state index in [4.69, 9.17) is 0 Å². The predicted molar refractivity (Wildman–Crippen MR) is 85.8 cm³/mol. The maximum absolute atomic E-state index is 12.9. The molecule has 0 aromatic heterocycles. The molecule has 0 fully saturated rings. The Morgan fingerprint density at radius 1 is 1.03 bits per heavy atom. The molecule has 0 aliphatic carbocycles. The molecule has 0 unspecified atom stereocenters. The van der Waals surface area contributed by atoms with Crippen LogP contribution in [-0.2, 0) is 26.7 Å². The minimum Gasteiger partial charge on any atom is -0.480 e. The minimum absolute atomic E-state index is 0.0116. The molecular formula is C17H17F6NO5. The lowest BCUT2D eigenvalue weighted by Gasteiger charge is -2.19. The van der Waals surface area contributed by atoms with Crippen LogP contribution in [0.5, 0.6) is 0 Å². The molecule has 0 saturated carbocycles. The third-order valence-corrected chi connectivity index (χ3v) is 3.73. The van der Waals surface area contributed by atoms with Gasteiger partial charge in [0.2, 0.25) is 0 Å². The van der Waals surface area contributed by atoms with Gasteiger partial charge in [-0.3, -0.25) is 9.59 Å². The zero-order valence-corrected chi connectivity index (χ0v) is 15.1. The zero-order chi connectivity index (χ0) is 22.6. The maximum Gasteiger partial charge on any atom is 0.416 e. The largest absolute Gasteiger partial charge is 0.480 e. The SMILES string of the molecule is CCOC(=O)[C@H](C)C[C@H](NC(=O)c1cc(C(F)(F)F)cc(C(F)(F)F)c1)C(=O)O. The predicted octanol–water partition coefficient (Wildman–Crippen LogP) is 3.50. The topological polar surface area (TPSA) is 92.7 Å². The van der Waals surface area contributed by atoms with Crippen LogP contribution in [0, 0.1) is 5.92 Å². The Morgan fingerprint density at radius 2 is 1.52 bits per heavy atom. The van der Waals surface area contributed by atoms with Crippen LogP contribution in [0.2, 0.25) is 0 Å². The highest BCUT2D eigenvalue weighted by Crippen LogP contribution is 2.36. The molecule has 1 amide bonds. The first-order valence-electron chi connectivity index (χ1n) is 8.16. The number of carbonyl (C=O) groups excluding carboxylic acids is 2. The second-order valence-corrected chi connectivity index (χ2v) is 6.05. The fourth-order valence-electron chi connectivity index (χ4n) is 2.28. The second-order valence-electron chi connectivity index (χ2n) is 6.05. The molecule has 0 spiro atoms. The van der Waals surface area contributed by atoms with Gasteiger partial charge in [-0.1, -0.05) is 6.92 Å². The number of halogens is 6. The van der Waals surface area contributed by atoms with Crippen LogP contribution >= 0.6 is 0 Å². The van der Waals surface area contributed by atoms with Gasteiger partial charge in [0.05, 0.1) is 23.7 Å². The number of carboxylic acid groups (broad SMARTS) is 1. The second kappa shape index (κ2) is 9.14. The van der Waals surface area contributed by atoms with Gasteiger partial charge in [-0.15, -0.1) is 0 Å². The molecule has 6 nitrogen and oxygen atoms in total. The molecule has 1 aromatic rings. The van der Waals surface area contributed by atoms with Gasteiger partial charge in [0.15, 0.2) is 0 Å². The van der Waals surface area contributed by atoms with Crippen LogP contribution in [0.1, 0.15) is 41.8 Å². The van der Waals surface area contributed by atoms with Crippen molar-refractivity contribution in [3.8, 4) is 0 Å². The molecular weight excluding hydrogens is 412 g/mol. The van der Waals surface area contributed by atoms with E-state index in [1.807, 2.05) is 5.32 Å². The number of carboxylic acids is 1. The summed E-state index contributed by atoms with van der Waals surface area (Å²) < 4.78 is 82.0. The minimum atomic E-state index is -5.17. The Bertz CT molecular complexity index is 742. The molecule has 0 bridgehead atoms. The van der Waals surface area contributed by atoms with Crippen molar-refractivity contribution in [2.75, 3.05) is 6.61 Å². The van der Waals surface area contributed by atoms with Crippen LogP contribution in [0.25, 0.3) is 0 Å². The molecule has 0 heterocycles. The average Bonchev–Trinajstić information content (AvgIpc) is 2.59. The summed E-state index contributed by atoms with van der Waals surface area (Å²) in [6, 6.07) is -1.55. The van der Waals surface area contributed by atoms with Crippen molar-refractivity contribution in [3.05, 3.63) is 34.9 Å². The molecule has 162 valence electrons. The third-order valence-electron chi connectivity index (χ3n) is 3.73. The van der Waals surface area contributed by atoms with Crippen molar-refractivity contribution in [3.63, 3.8) is 0 Å². The summed E-state index contributed by atoms with van der Waals surface area (Å²) in [7, 11) is 0. The number of nitrogens with one attached hydrogen (secondary N) is 1. The van der Waals surface area contributed by atoms with E-state index in [0.29, 0.717) is 0 Å². The number of aliphatic carboxylic acids is 1. The highest BCUT2D eigenvalue weighted by atomic mass is 19.4. The van der Waals surface area contributed by atoms with Gasteiger partial charge >= 0.3 is 24.3 Å². The summed E-state index contributed by atoms with van der Waals surface area (Å²) >= 11 is 0. The fraction of sp³-hybridized carbons (Fsp3) is 0.471. The Morgan fingerprint density at radius 3 is 1.90 bits per heavy atom. The van der Waals surface area contributed by atoms with E-state index >= 15 is 0 Å². The standard InChI is InChI=1S/C17H17F6NO5/c1-3-29-15(28)8(2)4-12(14(26)27)24-13(25)9-5-10(16(18,19)20)7-11(6-9)17(21,22)23/h5-8,12H,3-4H2,1-2H3,(H,24,25)(H,26,27)/t8-,12+/m1/s1. The molecule has 0 aliphatic heterocycles. The number of alkyl halides is 6. The van der Waals surface area contributed by atoms with E-state index < -0.39 is 65.3 Å². The molecule has 29 heavy (non-hydrogen) atoms. The summed E-state index contributed by atoms with van der Waals surface area (Å²) in [4.78, 5) is 35.1. The lowest BCUT2D eigenvalue weighted by atomic mass is 10.0. The van der Waals surface area contributed by atoms with E-state index in [0.717, 1.165) is 0 Å². The normalized spacial score (nSPS) is 14.1. The summed E-state index contributed by atoms with van der Waals surface area (Å²) in [6.45, 7) is 2.82. The molecule has 0 aliphatic rings. The molecule has 2 atom stereocenters. The molecule has 0 radical (unpaired) electrons. The van der Waals surface area contributed by atoms with Gasteiger partial charge in [-0.25, -0.2) is 4.79 Å². The summed E-state index contributed by atoms with van der Waals surface area (Å²) in [5.41, 5.74) is -4.46. The number of hydrogen-bond donors (Lipinski definition) is 2. The molecule has 1 rings (SSSR count). The highest BCUT2D eigenvalue weighted by Gasteiger charge is 2.38. The lowest BCUT2D eigenvalue weighted by Crippen LogP contribution is -2.43. The van der Waals surface area contributed by atoms with E-state index in [1.54, 1.807) is 0 Å². The van der Waals surface area contributed by atoms with E-state index in [-0.39, 0.29) is 24.8 Å². The van der Waals surface area contributed by atoms with Crippen molar-refractivity contribution in [2.24, 2.45) is 5.92 Å². The van der Waals surface area contributed by atoms with Crippen molar-refractivity contribution < 1.29 is 50.6 Å². The summed E-state index contributed by atoms with van der Waals surface area (Å²) in [5.74, 6) is -4.86. The van der Waals surface area contributed by atoms with Gasteiger partial charge in [-0.05, 0) is 31.5 Å². The molecule has 1 aromatic carbocycles. The Labute approximate surface area is 160 Å². The van der Waals surface area contributed by atoms with Gasteiger partial charge in [0.1, 0.15) is 6.04 Å². The van der Waals surface area contributed by atoms with Crippen molar-refractivity contribution in [2.45, 2.75) is 38.7 Å². The van der Waals surface area contributed by atoms with Crippen LogP contribution in [0.15, 0.2) is 18.2 Å². The van der Waals surface area contributed by atoms with E-state index in [1.165, 1.54) is 13.8 Å². The number of ether oxygens (including phenoxy) is 1. The summed E-state index contributed by atoms with van der Waals surface area (Å²) in [6.07, 6.45) is -10.8. The lowest BCUT2D eigenvalue weighted by molar-refractivity contribution is -0.149. The number of carbonyl (C=O) groups is 3. The van der Waals surface area contributed by atoms with Gasteiger partial charge < -0.3 is 15.2 Å². The number of benzene rings is 1. The van der Waals surface area contributed by atoms with Crippen LogP contribution in [-0.4, -0.2) is 35.6 Å². The molecule has 12 heteroatoms. The third kappa shape index (κ3) is 6.95. The van der Waals surface area contributed by atoms with Crippen molar-refractivity contribution in [1.29, 1.82) is 0 Å². The van der Waals surface area contributed by atoms with E-state index in [2.05, 4.69) is 4.74 Å².